The molecule has 238 valence electrons. The van der Waals surface area contributed by atoms with Crippen LogP contribution in [0.3, 0.4) is 0 Å². The van der Waals surface area contributed by atoms with Crippen molar-refractivity contribution in [1.82, 2.24) is 0 Å². The summed E-state index contributed by atoms with van der Waals surface area (Å²) < 4.78 is 57.7. The zero-order chi connectivity index (χ0) is 33.0. The van der Waals surface area contributed by atoms with Crippen molar-refractivity contribution in [2.45, 2.75) is 99.5 Å². The van der Waals surface area contributed by atoms with E-state index in [1.165, 1.54) is 13.2 Å². The third-order valence-corrected chi connectivity index (χ3v) is 7.89. The SMILES string of the molecule is CCc1cc(C(F)(F)F)ccc1/C(C=O)=C/c1ccc(OC(C)(C)C(C)(C)OC(=O)C(CC(C)(C)C)C(C)C)cc1OC. The Balaban J connectivity index is 2.38. The van der Waals surface area contributed by atoms with Gasteiger partial charge in [0.1, 0.15) is 22.7 Å². The van der Waals surface area contributed by atoms with Gasteiger partial charge in [0, 0.05) is 17.2 Å². The predicted octanol–water partition coefficient (Wildman–Crippen LogP) is 9.20. The van der Waals surface area contributed by atoms with E-state index in [0.29, 0.717) is 47.3 Å². The zero-order valence-electron chi connectivity index (χ0n) is 27.4. The summed E-state index contributed by atoms with van der Waals surface area (Å²) in [7, 11) is 1.48. The fourth-order valence-electron chi connectivity index (χ4n) is 4.68. The third-order valence-electron chi connectivity index (χ3n) is 7.89. The van der Waals surface area contributed by atoms with Crippen molar-refractivity contribution >= 4 is 23.9 Å². The summed E-state index contributed by atoms with van der Waals surface area (Å²) in [6.07, 6.45) is -1.26. The quantitative estimate of drug-likeness (QED) is 0.105. The fourth-order valence-corrected chi connectivity index (χ4v) is 4.68. The van der Waals surface area contributed by atoms with Crippen LogP contribution in [0.4, 0.5) is 13.2 Å². The highest BCUT2D eigenvalue weighted by atomic mass is 19.4. The molecule has 0 aliphatic heterocycles. The lowest BCUT2D eigenvalue weighted by Crippen LogP contribution is -2.53. The van der Waals surface area contributed by atoms with Gasteiger partial charge in [-0.3, -0.25) is 9.59 Å². The van der Waals surface area contributed by atoms with Crippen LogP contribution in [-0.4, -0.2) is 30.6 Å². The second-order valence-corrected chi connectivity index (χ2v) is 13.5. The Kier molecular flexibility index (Phi) is 11.3. The molecule has 2 aromatic carbocycles. The molecule has 0 fully saturated rings. The summed E-state index contributed by atoms with van der Waals surface area (Å²) in [6, 6.07) is 8.45. The number of alkyl halides is 3. The molecule has 0 saturated carbocycles. The number of aryl methyl sites for hydroxylation is 1. The highest BCUT2D eigenvalue weighted by Crippen LogP contribution is 2.38. The molecule has 5 nitrogen and oxygen atoms in total. The molecule has 8 heteroatoms. The first-order valence-electron chi connectivity index (χ1n) is 14.6. The van der Waals surface area contributed by atoms with Gasteiger partial charge in [0.05, 0.1) is 18.6 Å². The maximum Gasteiger partial charge on any atom is 0.416 e. The minimum Gasteiger partial charge on any atom is -0.496 e. The van der Waals surface area contributed by atoms with Crippen LogP contribution < -0.4 is 9.47 Å². The number of hydrogen-bond acceptors (Lipinski definition) is 5. The summed E-state index contributed by atoms with van der Waals surface area (Å²) in [5.41, 5.74) is -1.14. The smallest absolute Gasteiger partial charge is 0.416 e. The van der Waals surface area contributed by atoms with Crippen LogP contribution in [0.5, 0.6) is 11.5 Å². The van der Waals surface area contributed by atoms with Crippen LogP contribution in [0.2, 0.25) is 0 Å². The summed E-state index contributed by atoms with van der Waals surface area (Å²) in [4.78, 5) is 25.4. The first kappa shape index (κ1) is 35.9. The monoisotopic (exact) mass is 604 g/mol. The second-order valence-electron chi connectivity index (χ2n) is 13.5. The normalized spacial score (nSPS) is 14.0. The van der Waals surface area contributed by atoms with Crippen LogP contribution in [-0.2, 0) is 26.9 Å². The number of halogens is 3. The number of rotatable bonds is 12. The van der Waals surface area contributed by atoms with Gasteiger partial charge in [-0.2, -0.15) is 13.2 Å². The van der Waals surface area contributed by atoms with Crippen LogP contribution in [0, 0.1) is 17.3 Å². The van der Waals surface area contributed by atoms with Gasteiger partial charge in [-0.15, -0.1) is 0 Å². The number of allylic oxidation sites excluding steroid dienone is 1. The first-order valence-corrected chi connectivity index (χ1v) is 14.6. The average molecular weight is 605 g/mol. The maximum atomic E-state index is 13.3. The van der Waals surface area contributed by atoms with Gasteiger partial charge in [0.25, 0.3) is 0 Å². The Labute approximate surface area is 254 Å². The van der Waals surface area contributed by atoms with Crippen LogP contribution >= 0.6 is 0 Å². The molecule has 0 bridgehead atoms. The number of benzene rings is 2. The van der Waals surface area contributed by atoms with Crippen LogP contribution in [0.15, 0.2) is 36.4 Å². The molecule has 0 amide bonds. The number of ether oxygens (including phenoxy) is 3. The summed E-state index contributed by atoms with van der Waals surface area (Å²) in [5, 5.41) is 0. The van der Waals surface area contributed by atoms with Crippen molar-refractivity contribution in [3.8, 4) is 11.5 Å². The van der Waals surface area contributed by atoms with Crippen molar-refractivity contribution in [2.24, 2.45) is 17.3 Å². The fraction of sp³-hybridized carbons (Fsp3) is 0.543. The van der Waals surface area contributed by atoms with Crippen molar-refractivity contribution in [3.63, 3.8) is 0 Å². The van der Waals surface area contributed by atoms with Crippen LogP contribution in [0.25, 0.3) is 11.6 Å². The average Bonchev–Trinajstić information content (AvgIpc) is 2.88. The topological polar surface area (TPSA) is 61.8 Å². The second kappa shape index (κ2) is 13.6. The van der Waals surface area contributed by atoms with Crippen molar-refractivity contribution in [1.29, 1.82) is 0 Å². The number of aldehydes is 1. The molecule has 0 aliphatic rings. The molecule has 0 heterocycles. The standard InChI is InChI=1S/C35H47F3O5/c1-12-23-18-26(35(36,37)38)14-16-28(23)25(21-39)17-24-13-15-27(19-30(24)41-11)42-33(7,8)34(9,10)43-31(40)29(22(2)3)20-32(4,5)6/h13-19,21-22,29H,12,20H2,1-11H3/b25-17+. The molecule has 0 saturated heterocycles. The van der Waals surface area contributed by atoms with Crippen molar-refractivity contribution in [2.75, 3.05) is 7.11 Å². The van der Waals surface area contributed by atoms with E-state index in [4.69, 9.17) is 14.2 Å². The molecular weight excluding hydrogens is 557 g/mol. The van der Waals surface area contributed by atoms with Gasteiger partial charge in [-0.25, -0.2) is 0 Å². The number of carbonyl (C=O) groups is 2. The molecular formula is C35H47F3O5. The Hall–Kier alpha value is -3.29. The molecule has 2 aromatic rings. The van der Waals surface area contributed by atoms with E-state index in [1.54, 1.807) is 31.2 Å². The summed E-state index contributed by atoms with van der Waals surface area (Å²) >= 11 is 0. The Morgan fingerprint density at radius 1 is 0.930 bits per heavy atom. The van der Waals surface area contributed by atoms with Gasteiger partial charge in [0.2, 0.25) is 0 Å². The summed E-state index contributed by atoms with van der Waals surface area (Å²) in [6.45, 7) is 19.4. The first-order chi connectivity index (χ1) is 19.7. The van der Waals surface area contributed by atoms with Gasteiger partial charge in [-0.1, -0.05) is 47.6 Å². The van der Waals surface area contributed by atoms with E-state index < -0.39 is 22.9 Å². The molecule has 0 aromatic heterocycles. The number of esters is 1. The molecule has 0 aliphatic carbocycles. The molecule has 1 unspecified atom stereocenters. The van der Waals surface area contributed by atoms with Crippen molar-refractivity contribution in [3.05, 3.63) is 58.7 Å². The van der Waals surface area contributed by atoms with Gasteiger partial charge >= 0.3 is 12.1 Å². The minimum atomic E-state index is -4.48. The molecule has 43 heavy (non-hydrogen) atoms. The zero-order valence-corrected chi connectivity index (χ0v) is 27.4. The van der Waals surface area contributed by atoms with E-state index >= 15 is 0 Å². The Bertz CT molecular complexity index is 1310. The highest BCUT2D eigenvalue weighted by Gasteiger charge is 2.44. The Morgan fingerprint density at radius 2 is 1.56 bits per heavy atom. The molecule has 0 N–H and O–H groups in total. The lowest BCUT2D eigenvalue weighted by atomic mass is 9.79. The maximum absolute atomic E-state index is 13.3. The molecule has 1 atom stereocenters. The lowest BCUT2D eigenvalue weighted by Gasteiger charge is -2.42. The van der Waals surface area contributed by atoms with Crippen molar-refractivity contribution < 1.29 is 37.0 Å². The van der Waals surface area contributed by atoms with E-state index in [-0.39, 0.29) is 28.8 Å². The largest absolute Gasteiger partial charge is 0.496 e. The minimum absolute atomic E-state index is 0.0365. The predicted molar refractivity (Wildman–Crippen MR) is 165 cm³/mol. The number of carbonyl (C=O) groups excluding carboxylic acids is 2. The molecule has 0 radical (unpaired) electrons. The van der Waals surface area contributed by atoms with E-state index in [9.17, 15) is 22.8 Å². The van der Waals surface area contributed by atoms with E-state index in [2.05, 4.69) is 20.8 Å². The number of methoxy groups -OCH3 is 1. The molecule has 0 spiro atoms. The van der Waals surface area contributed by atoms with Gasteiger partial charge < -0.3 is 14.2 Å². The Morgan fingerprint density at radius 3 is 2.05 bits per heavy atom. The van der Waals surface area contributed by atoms with Gasteiger partial charge in [0.15, 0.2) is 6.29 Å². The lowest BCUT2D eigenvalue weighted by molar-refractivity contribution is -0.183. The highest BCUT2D eigenvalue weighted by molar-refractivity contribution is 6.14. The molecule has 2 rings (SSSR count). The third kappa shape index (κ3) is 9.35. The van der Waals surface area contributed by atoms with Gasteiger partial charge in [-0.05, 0) is 93.3 Å². The van der Waals surface area contributed by atoms with E-state index in [0.717, 1.165) is 12.1 Å². The van der Waals surface area contributed by atoms with Crippen LogP contribution in [0.1, 0.15) is 97.9 Å². The summed E-state index contributed by atoms with van der Waals surface area (Å²) in [5.74, 6) is 0.447. The number of hydrogen-bond donors (Lipinski definition) is 0. The van der Waals surface area contributed by atoms with E-state index in [1.807, 2.05) is 41.5 Å².